The summed E-state index contributed by atoms with van der Waals surface area (Å²) in [5.41, 5.74) is 2.04. The fraction of sp³-hybridized carbons (Fsp3) is 0.179. The molecule has 1 unspecified atom stereocenters. The van der Waals surface area contributed by atoms with Crippen molar-refractivity contribution in [3.05, 3.63) is 101 Å². The van der Waals surface area contributed by atoms with Crippen LogP contribution in [0.5, 0.6) is 5.75 Å². The highest BCUT2D eigenvalue weighted by atomic mass is 79.9. The molecule has 0 radical (unpaired) electrons. The molecule has 34 heavy (non-hydrogen) atoms. The Labute approximate surface area is 212 Å². The Hall–Kier alpha value is -2.80. The normalized spacial score (nSPS) is 16.5. The van der Waals surface area contributed by atoms with E-state index in [4.69, 9.17) is 4.74 Å². The molecule has 4 aromatic rings. The average Bonchev–Trinajstić information content (AvgIpc) is 2.83. The van der Waals surface area contributed by atoms with Crippen molar-refractivity contribution in [2.24, 2.45) is 0 Å². The maximum Gasteiger partial charge on any atom is 0.255 e. The third-order valence-electron chi connectivity index (χ3n) is 5.89. The Bertz CT molecular complexity index is 1350. The number of hydrogen-bond acceptors (Lipinski definition) is 4. The molecule has 0 saturated heterocycles. The molecule has 0 fully saturated rings. The van der Waals surface area contributed by atoms with Gasteiger partial charge in [0.25, 0.3) is 5.91 Å². The highest BCUT2D eigenvalue weighted by Gasteiger charge is 2.34. The average molecular weight is 533 g/mol. The molecule has 5 rings (SSSR count). The van der Waals surface area contributed by atoms with Crippen molar-refractivity contribution < 1.29 is 9.53 Å². The Kier molecular flexibility index (Phi) is 6.38. The van der Waals surface area contributed by atoms with Crippen molar-refractivity contribution in [2.45, 2.75) is 36.8 Å². The Morgan fingerprint density at radius 2 is 1.76 bits per heavy atom. The summed E-state index contributed by atoms with van der Waals surface area (Å²) in [6, 6.07) is 28.0. The molecule has 1 atom stereocenters. The molecule has 0 saturated carbocycles. The van der Waals surface area contributed by atoms with Gasteiger partial charge >= 0.3 is 0 Å². The van der Waals surface area contributed by atoms with Crippen molar-refractivity contribution in [3.63, 3.8) is 0 Å². The second-order valence-corrected chi connectivity index (χ2v) is 10.8. The standard InChI is InChI=1S/C28H25BrN2O2S/c1-28(2)17-24(31-34-26-9-5-7-18-6-3-4-8-22(18)26)23-16-19(10-15-25(23)33-28)27(32)30-21-13-11-20(29)12-14-21/h3-16,24,31H,17H2,1-2H3,(H,30,32). The maximum absolute atomic E-state index is 13.0. The minimum atomic E-state index is -0.314. The minimum Gasteiger partial charge on any atom is -0.487 e. The predicted molar refractivity (Wildman–Crippen MR) is 144 cm³/mol. The minimum absolute atomic E-state index is 0.0307. The fourth-order valence-corrected chi connectivity index (χ4v) is 5.44. The van der Waals surface area contributed by atoms with Gasteiger partial charge in [-0.2, -0.15) is 0 Å². The molecular formula is C28H25BrN2O2S. The van der Waals surface area contributed by atoms with Gasteiger partial charge in [-0.25, -0.2) is 0 Å². The van der Waals surface area contributed by atoms with Crippen LogP contribution in [0.15, 0.2) is 94.3 Å². The second kappa shape index (κ2) is 9.45. The third kappa shape index (κ3) is 4.99. The zero-order valence-corrected chi connectivity index (χ0v) is 21.4. The molecule has 172 valence electrons. The largest absolute Gasteiger partial charge is 0.487 e. The van der Waals surface area contributed by atoms with Gasteiger partial charge in [0.15, 0.2) is 0 Å². The highest BCUT2D eigenvalue weighted by molar-refractivity contribution is 9.10. The van der Waals surface area contributed by atoms with Crippen LogP contribution in [-0.4, -0.2) is 11.5 Å². The Morgan fingerprint density at radius 1 is 1.00 bits per heavy atom. The van der Waals surface area contributed by atoms with E-state index in [0.717, 1.165) is 27.9 Å². The maximum atomic E-state index is 13.0. The van der Waals surface area contributed by atoms with E-state index in [1.54, 1.807) is 11.9 Å². The van der Waals surface area contributed by atoms with E-state index in [9.17, 15) is 4.79 Å². The molecule has 1 heterocycles. The van der Waals surface area contributed by atoms with Gasteiger partial charge in [-0.15, -0.1) is 0 Å². The van der Waals surface area contributed by atoms with Gasteiger partial charge in [-0.1, -0.05) is 52.3 Å². The zero-order valence-electron chi connectivity index (χ0n) is 19.0. The van der Waals surface area contributed by atoms with E-state index in [-0.39, 0.29) is 17.6 Å². The lowest BCUT2D eigenvalue weighted by Crippen LogP contribution is -2.38. The molecule has 4 nitrogen and oxygen atoms in total. The molecule has 0 bridgehead atoms. The summed E-state index contributed by atoms with van der Waals surface area (Å²) in [6.45, 7) is 4.20. The molecule has 0 aliphatic carbocycles. The van der Waals surface area contributed by atoms with Crippen LogP contribution in [0.3, 0.4) is 0 Å². The highest BCUT2D eigenvalue weighted by Crippen LogP contribution is 2.42. The summed E-state index contributed by atoms with van der Waals surface area (Å²) in [6.07, 6.45) is 0.787. The van der Waals surface area contributed by atoms with Crippen LogP contribution in [0.2, 0.25) is 0 Å². The van der Waals surface area contributed by atoms with Gasteiger partial charge in [0.2, 0.25) is 0 Å². The molecule has 2 N–H and O–H groups in total. The topological polar surface area (TPSA) is 50.4 Å². The monoisotopic (exact) mass is 532 g/mol. The molecule has 1 aliphatic rings. The summed E-state index contributed by atoms with van der Waals surface area (Å²) in [5.74, 6) is 0.669. The van der Waals surface area contributed by atoms with Crippen molar-refractivity contribution in [1.29, 1.82) is 0 Å². The smallest absolute Gasteiger partial charge is 0.255 e. The summed E-state index contributed by atoms with van der Waals surface area (Å²) >= 11 is 5.05. The first-order valence-electron chi connectivity index (χ1n) is 11.2. The number of halogens is 1. The first kappa shape index (κ1) is 23.0. The number of anilines is 1. The third-order valence-corrected chi connectivity index (χ3v) is 7.40. The molecule has 6 heteroatoms. The van der Waals surface area contributed by atoms with Gasteiger partial charge in [0, 0.05) is 38.6 Å². The van der Waals surface area contributed by atoms with Crippen molar-refractivity contribution in [3.8, 4) is 5.75 Å². The summed E-state index contributed by atoms with van der Waals surface area (Å²) in [7, 11) is 0. The van der Waals surface area contributed by atoms with Crippen molar-refractivity contribution >= 4 is 50.2 Å². The first-order valence-corrected chi connectivity index (χ1v) is 12.8. The van der Waals surface area contributed by atoms with Crippen LogP contribution < -0.4 is 14.8 Å². The van der Waals surface area contributed by atoms with Crippen LogP contribution in [0.25, 0.3) is 10.8 Å². The lowest BCUT2D eigenvalue weighted by Gasteiger charge is -2.38. The molecule has 0 spiro atoms. The lowest BCUT2D eigenvalue weighted by molar-refractivity contribution is 0.0706. The van der Waals surface area contributed by atoms with Gasteiger partial charge in [0.1, 0.15) is 11.4 Å². The molecule has 1 amide bonds. The molecule has 4 aromatic carbocycles. The van der Waals surface area contributed by atoms with E-state index < -0.39 is 0 Å². The zero-order chi connectivity index (χ0) is 23.7. The number of fused-ring (bicyclic) bond motifs is 2. The summed E-state index contributed by atoms with van der Waals surface area (Å²) in [4.78, 5) is 14.1. The molecular weight excluding hydrogens is 508 g/mol. The number of hydrogen-bond donors (Lipinski definition) is 2. The quantitative estimate of drug-likeness (QED) is 0.258. The number of rotatable bonds is 5. The van der Waals surface area contributed by atoms with Crippen LogP contribution >= 0.6 is 27.9 Å². The van der Waals surface area contributed by atoms with E-state index in [1.807, 2.05) is 42.5 Å². The van der Waals surface area contributed by atoms with E-state index in [0.29, 0.717) is 5.56 Å². The van der Waals surface area contributed by atoms with Gasteiger partial charge in [-0.3, -0.25) is 9.52 Å². The summed E-state index contributed by atoms with van der Waals surface area (Å²) in [5, 5.41) is 5.41. The molecule has 0 aromatic heterocycles. The number of ether oxygens (including phenoxy) is 1. The lowest BCUT2D eigenvalue weighted by atomic mass is 9.89. The van der Waals surface area contributed by atoms with Crippen LogP contribution in [0, 0.1) is 0 Å². The van der Waals surface area contributed by atoms with E-state index in [2.05, 4.69) is 82.3 Å². The van der Waals surface area contributed by atoms with Crippen LogP contribution in [-0.2, 0) is 0 Å². The number of carbonyl (C=O) groups excluding carboxylic acids is 1. The van der Waals surface area contributed by atoms with Crippen molar-refractivity contribution in [1.82, 2.24) is 4.72 Å². The Balaban J connectivity index is 1.40. The number of carbonyl (C=O) groups is 1. The van der Waals surface area contributed by atoms with Crippen molar-refractivity contribution in [2.75, 3.05) is 5.32 Å². The van der Waals surface area contributed by atoms with Gasteiger partial charge in [0.05, 0.1) is 0 Å². The number of nitrogens with one attached hydrogen (secondary N) is 2. The van der Waals surface area contributed by atoms with Gasteiger partial charge in [-0.05, 0) is 85.1 Å². The van der Waals surface area contributed by atoms with Crippen LogP contribution in [0.4, 0.5) is 5.69 Å². The number of amides is 1. The van der Waals surface area contributed by atoms with E-state index >= 15 is 0 Å². The first-order chi connectivity index (χ1) is 16.4. The summed E-state index contributed by atoms with van der Waals surface area (Å²) < 4.78 is 10.9. The Morgan fingerprint density at radius 3 is 2.59 bits per heavy atom. The van der Waals surface area contributed by atoms with Crippen LogP contribution in [0.1, 0.15) is 42.2 Å². The SMILES string of the molecule is CC1(C)CC(NSc2cccc3ccccc23)c2cc(C(=O)Nc3ccc(Br)cc3)ccc2O1. The van der Waals surface area contributed by atoms with E-state index in [1.165, 1.54) is 15.7 Å². The second-order valence-electron chi connectivity index (χ2n) is 9.03. The molecule has 1 aliphatic heterocycles. The fourth-order valence-electron chi connectivity index (χ4n) is 4.26. The van der Waals surface area contributed by atoms with Gasteiger partial charge < -0.3 is 10.1 Å². The number of benzene rings is 4. The predicted octanol–water partition coefficient (Wildman–Crippen LogP) is 7.75.